The minimum Gasteiger partial charge on any atom is -0.478 e. The van der Waals surface area contributed by atoms with Gasteiger partial charge in [0.05, 0.1) is 12.2 Å². The van der Waals surface area contributed by atoms with Gasteiger partial charge in [0.1, 0.15) is 0 Å². The van der Waals surface area contributed by atoms with E-state index in [1.807, 2.05) is 0 Å². The summed E-state index contributed by atoms with van der Waals surface area (Å²) in [5, 5.41) is 17.5. The van der Waals surface area contributed by atoms with Crippen LogP contribution in [0.1, 0.15) is 15.9 Å². The lowest BCUT2D eigenvalue weighted by Crippen LogP contribution is -2.26. The number of carboxylic acid groups (broad SMARTS) is 1. The third-order valence-electron chi connectivity index (χ3n) is 1.91. The molecule has 4 N–H and O–H groups in total. The zero-order valence-corrected chi connectivity index (χ0v) is 7.68. The number of aliphatic hydroxyl groups is 1. The lowest BCUT2D eigenvalue weighted by atomic mass is 10.0. The highest BCUT2D eigenvalue weighted by molar-refractivity contribution is 5.87. The fraction of sp³-hybridized carbons (Fsp3) is 0.300. The van der Waals surface area contributed by atoms with Crippen LogP contribution < -0.4 is 5.73 Å². The molecule has 0 bridgehead atoms. The molecule has 0 aliphatic rings. The molecule has 0 spiro atoms. The van der Waals surface area contributed by atoms with Gasteiger partial charge in [-0.1, -0.05) is 12.1 Å². The number of carbonyl (C=O) groups is 1. The van der Waals surface area contributed by atoms with E-state index in [0.29, 0.717) is 6.42 Å². The van der Waals surface area contributed by atoms with Gasteiger partial charge in [-0.2, -0.15) is 0 Å². The molecule has 0 saturated heterocycles. The van der Waals surface area contributed by atoms with Crippen molar-refractivity contribution in [1.82, 2.24) is 0 Å². The van der Waals surface area contributed by atoms with Crippen LogP contribution in [0, 0.1) is 0 Å². The average molecular weight is 195 g/mol. The Bertz CT molecular complexity index is 325. The first-order valence-corrected chi connectivity index (χ1v) is 4.32. The molecule has 0 heterocycles. The van der Waals surface area contributed by atoms with Crippen molar-refractivity contribution in [3.63, 3.8) is 0 Å². The van der Waals surface area contributed by atoms with E-state index < -0.39 is 5.97 Å². The molecule has 14 heavy (non-hydrogen) atoms. The van der Waals surface area contributed by atoms with Gasteiger partial charge in [-0.05, 0) is 24.1 Å². The van der Waals surface area contributed by atoms with Crippen LogP contribution in [0.5, 0.6) is 0 Å². The van der Waals surface area contributed by atoms with E-state index in [4.69, 9.17) is 15.9 Å². The minimum absolute atomic E-state index is 0.0999. The topological polar surface area (TPSA) is 83.5 Å². The van der Waals surface area contributed by atoms with Gasteiger partial charge >= 0.3 is 5.97 Å². The van der Waals surface area contributed by atoms with Crippen LogP contribution in [0.4, 0.5) is 0 Å². The molecule has 0 aliphatic carbocycles. The second-order valence-corrected chi connectivity index (χ2v) is 3.15. The standard InChI is InChI=1S/C10H13NO3/c11-9(6-12)5-7-2-1-3-8(4-7)10(13)14/h1-4,9,12H,5-6,11H2,(H,13,14). The summed E-state index contributed by atoms with van der Waals surface area (Å²) < 4.78 is 0. The molecule has 0 fully saturated rings. The van der Waals surface area contributed by atoms with Gasteiger partial charge in [0.2, 0.25) is 0 Å². The summed E-state index contributed by atoms with van der Waals surface area (Å²) in [7, 11) is 0. The van der Waals surface area contributed by atoms with Crippen LogP contribution in [0.25, 0.3) is 0 Å². The smallest absolute Gasteiger partial charge is 0.335 e. The van der Waals surface area contributed by atoms with Crippen molar-refractivity contribution in [3.8, 4) is 0 Å². The van der Waals surface area contributed by atoms with Gasteiger partial charge in [-0.25, -0.2) is 4.79 Å². The molecule has 4 heteroatoms. The number of hydrogen-bond acceptors (Lipinski definition) is 3. The maximum Gasteiger partial charge on any atom is 0.335 e. The molecule has 0 aromatic heterocycles. The van der Waals surface area contributed by atoms with E-state index in [1.165, 1.54) is 6.07 Å². The third kappa shape index (κ3) is 2.83. The van der Waals surface area contributed by atoms with Gasteiger partial charge < -0.3 is 15.9 Å². The highest BCUT2D eigenvalue weighted by Crippen LogP contribution is 2.07. The van der Waals surface area contributed by atoms with Gasteiger partial charge in [0.25, 0.3) is 0 Å². The summed E-state index contributed by atoms with van der Waals surface area (Å²) in [5.41, 5.74) is 6.60. The summed E-state index contributed by atoms with van der Waals surface area (Å²) in [6.45, 7) is -0.0999. The monoisotopic (exact) mass is 195 g/mol. The summed E-state index contributed by atoms with van der Waals surface area (Å²) in [6, 6.07) is 6.22. The van der Waals surface area contributed by atoms with Crippen molar-refractivity contribution in [2.75, 3.05) is 6.61 Å². The van der Waals surface area contributed by atoms with Crippen molar-refractivity contribution in [1.29, 1.82) is 0 Å². The predicted octanol–water partition coefficient (Wildman–Crippen LogP) is 0.247. The Hall–Kier alpha value is -1.39. The Balaban J connectivity index is 2.78. The number of benzene rings is 1. The number of carboxylic acids is 1. The summed E-state index contributed by atoms with van der Waals surface area (Å²) >= 11 is 0. The molecule has 76 valence electrons. The summed E-state index contributed by atoms with van der Waals surface area (Å²) in [4.78, 5) is 10.6. The van der Waals surface area contributed by atoms with E-state index in [2.05, 4.69) is 0 Å². The number of aromatic carboxylic acids is 1. The molecular formula is C10H13NO3. The maximum absolute atomic E-state index is 10.6. The van der Waals surface area contributed by atoms with E-state index >= 15 is 0 Å². The van der Waals surface area contributed by atoms with Gasteiger partial charge in [-0.3, -0.25) is 0 Å². The third-order valence-corrected chi connectivity index (χ3v) is 1.91. The first-order chi connectivity index (χ1) is 6.63. The van der Waals surface area contributed by atoms with Crippen LogP contribution in [0.3, 0.4) is 0 Å². The number of rotatable bonds is 4. The van der Waals surface area contributed by atoms with E-state index in [0.717, 1.165) is 5.56 Å². The fourth-order valence-electron chi connectivity index (χ4n) is 1.20. The Morgan fingerprint density at radius 1 is 1.50 bits per heavy atom. The minimum atomic E-state index is -0.954. The van der Waals surface area contributed by atoms with Gasteiger partial charge in [0, 0.05) is 6.04 Å². The largest absolute Gasteiger partial charge is 0.478 e. The Morgan fingerprint density at radius 2 is 2.21 bits per heavy atom. The average Bonchev–Trinajstić information content (AvgIpc) is 2.18. The molecule has 1 aromatic rings. The molecule has 0 radical (unpaired) electrons. The van der Waals surface area contributed by atoms with Gasteiger partial charge in [-0.15, -0.1) is 0 Å². The Labute approximate surface area is 82.0 Å². The number of nitrogens with two attached hydrogens (primary N) is 1. The second-order valence-electron chi connectivity index (χ2n) is 3.15. The molecule has 0 saturated carbocycles. The van der Waals surface area contributed by atoms with Gasteiger partial charge in [0.15, 0.2) is 0 Å². The molecule has 1 aromatic carbocycles. The molecule has 1 rings (SSSR count). The van der Waals surface area contributed by atoms with Crippen molar-refractivity contribution < 1.29 is 15.0 Å². The van der Waals surface area contributed by atoms with Crippen molar-refractivity contribution in [3.05, 3.63) is 35.4 Å². The first-order valence-electron chi connectivity index (χ1n) is 4.32. The fourth-order valence-corrected chi connectivity index (χ4v) is 1.20. The number of hydrogen-bond donors (Lipinski definition) is 3. The first kappa shape index (κ1) is 10.7. The lowest BCUT2D eigenvalue weighted by Gasteiger charge is -2.07. The highest BCUT2D eigenvalue weighted by Gasteiger charge is 2.06. The number of aliphatic hydroxyl groups excluding tert-OH is 1. The highest BCUT2D eigenvalue weighted by atomic mass is 16.4. The maximum atomic E-state index is 10.6. The molecule has 4 nitrogen and oxygen atoms in total. The Kier molecular flexibility index (Phi) is 3.62. The molecule has 0 aliphatic heterocycles. The molecule has 1 atom stereocenters. The van der Waals surface area contributed by atoms with Crippen LogP contribution in [-0.4, -0.2) is 28.8 Å². The Morgan fingerprint density at radius 3 is 2.79 bits per heavy atom. The van der Waals surface area contributed by atoms with E-state index in [9.17, 15) is 4.79 Å². The summed E-state index contributed by atoms with van der Waals surface area (Å²) in [6.07, 6.45) is 0.484. The lowest BCUT2D eigenvalue weighted by molar-refractivity contribution is 0.0696. The molecule has 1 unspecified atom stereocenters. The van der Waals surface area contributed by atoms with Crippen LogP contribution >= 0.6 is 0 Å². The van der Waals surface area contributed by atoms with Crippen molar-refractivity contribution in [2.45, 2.75) is 12.5 Å². The zero-order valence-electron chi connectivity index (χ0n) is 7.68. The van der Waals surface area contributed by atoms with Crippen molar-refractivity contribution in [2.24, 2.45) is 5.73 Å². The van der Waals surface area contributed by atoms with E-state index in [-0.39, 0.29) is 18.2 Å². The molecule has 0 amide bonds. The quantitative estimate of drug-likeness (QED) is 0.643. The van der Waals surface area contributed by atoms with E-state index in [1.54, 1.807) is 18.2 Å². The normalized spacial score (nSPS) is 12.4. The van der Waals surface area contributed by atoms with Crippen LogP contribution in [-0.2, 0) is 6.42 Å². The van der Waals surface area contributed by atoms with Crippen LogP contribution in [0.2, 0.25) is 0 Å². The van der Waals surface area contributed by atoms with Crippen LogP contribution in [0.15, 0.2) is 24.3 Å². The zero-order chi connectivity index (χ0) is 10.6. The summed E-state index contributed by atoms with van der Waals surface area (Å²) in [5.74, 6) is -0.954. The van der Waals surface area contributed by atoms with Crippen molar-refractivity contribution >= 4 is 5.97 Å². The second kappa shape index (κ2) is 4.74. The molecular weight excluding hydrogens is 182 g/mol. The SMILES string of the molecule is NC(CO)Cc1cccc(C(=O)O)c1. The predicted molar refractivity (Wildman–Crippen MR) is 52.2 cm³/mol.